The highest BCUT2D eigenvalue weighted by Crippen LogP contribution is 2.02. The summed E-state index contributed by atoms with van der Waals surface area (Å²) >= 11 is 0. The Bertz CT molecular complexity index is 652. The predicted octanol–water partition coefficient (Wildman–Crippen LogP) is 1.54. The molecule has 0 amide bonds. The lowest BCUT2D eigenvalue weighted by Gasteiger charge is -2.17. The Morgan fingerprint density at radius 2 is 1.92 bits per heavy atom. The first-order chi connectivity index (χ1) is 11.3. The Hall–Kier alpha value is -0.680. The van der Waals surface area contributed by atoms with Crippen LogP contribution in [0.4, 0.5) is 0 Å². The molecule has 1 rings (SSSR count). The van der Waals surface area contributed by atoms with Gasteiger partial charge >= 0.3 is 0 Å². The molecule has 1 aromatic rings. The van der Waals surface area contributed by atoms with Crippen molar-refractivity contribution in [3.63, 3.8) is 0 Å². The summed E-state index contributed by atoms with van der Waals surface area (Å²) in [6, 6.07) is 9.74. The zero-order valence-corrected chi connectivity index (χ0v) is 18.9. The van der Waals surface area contributed by atoms with Gasteiger partial charge in [-0.25, -0.2) is 8.42 Å². The quantitative estimate of drug-likeness (QED) is 0.305. The Balaban J connectivity index is 0.00000576. The van der Waals surface area contributed by atoms with Crippen LogP contribution in [0.3, 0.4) is 0 Å². The lowest BCUT2D eigenvalue weighted by molar-refractivity contribution is 0.581. The first-order valence-electron chi connectivity index (χ1n) is 7.84. The van der Waals surface area contributed by atoms with Crippen LogP contribution in [0.15, 0.2) is 35.3 Å². The summed E-state index contributed by atoms with van der Waals surface area (Å²) in [5.41, 5.74) is 1.06. The topological polar surface area (TPSA) is 87.6 Å². The maximum atomic E-state index is 12.1. The van der Waals surface area contributed by atoms with Crippen LogP contribution < -0.4 is 10.6 Å². The van der Waals surface area contributed by atoms with Crippen LogP contribution in [0.1, 0.15) is 18.9 Å². The van der Waals surface area contributed by atoms with Crippen LogP contribution in [0.5, 0.6) is 0 Å². The molecule has 0 aromatic heterocycles. The average molecular weight is 501 g/mol. The Morgan fingerprint density at radius 1 is 1.28 bits per heavy atom. The van der Waals surface area contributed by atoms with Crippen molar-refractivity contribution < 1.29 is 12.6 Å². The van der Waals surface area contributed by atoms with Crippen LogP contribution in [0, 0.1) is 0 Å². The van der Waals surface area contributed by atoms with Gasteiger partial charge in [0.2, 0.25) is 0 Å². The second-order valence-electron chi connectivity index (χ2n) is 5.74. The number of guanidine groups is 1. The minimum absolute atomic E-state index is 0. The van der Waals surface area contributed by atoms with Crippen LogP contribution in [0.2, 0.25) is 0 Å². The van der Waals surface area contributed by atoms with Gasteiger partial charge in [0, 0.05) is 48.2 Å². The largest absolute Gasteiger partial charge is 0.355 e. The Labute approximate surface area is 170 Å². The number of hydrogen-bond acceptors (Lipinski definition) is 4. The molecule has 0 fully saturated rings. The van der Waals surface area contributed by atoms with E-state index in [0.29, 0.717) is 30.4 Å². The maximum Gasteiger partial charge on any atom is 0.191 e. The third-order valence-electron chi connectivity index (χ3n) is 3.32. The van der Waals surface area contributed by atoms with Gasteiger partial charge in [-0.2, -0.15) is 0 Å². The normalized spacial score (nSPS) is 14.3. The lowest BCUT2D eigenvalue weighted by Crippen LogP contribution is -2.44. The monoisotopic (exact) mass is 501 g/mol. The number of benzene rings is 1. The predicted molar refractivity (Wildman–Crippen MR) is 117 cm³/mol. The van der Waals surface area contributed by atoms with Crippen LogP contribution in [0.25, 0.3) is 0 Å². The SMILES string of the molecule is CN=C(NCCS(=O)Cc1ccccc1)NC(C)CCS(C)(=O)=O.I. The second-order valence-corrected chi connectivity index (χ2v) is 9.57. The van der Waals surface area contributed by atoms with Gasteiger partial charge < -0.3 is 10.6 Å². The van der Waals surface area contributed by atoms with Gasteiger partial charge in [0.1, 0.15) is 9.84 Å². The molecule has 0 aliphatic carbocycles. The summed E-state index contributed by atoms with van der Waals surface area (Å²) in [5, 5.41) is 6.25. The van der Waals surface area contributed by atoms with E-state index in [-0.39, 0.29) is 35.8 Å². The van der Waals surface area contributed by atoms with E-state index in [0.717, 1.165) is 5.56 Å². The highest BCUT2D eigenvalue weighted by Gasteiger charge is 2.09. The first-order valence-corrected chi connectivity index (χ1v) is 11.4. The third kappa shape index (κ3) is 12.3. The molecule has 0 radical (unpaired) electrons. The van der Waals surface area contributed by atoms with E-state index in [1.165, 1.54) is 6.26 Å². The average Bonchev–Trinajstić information content (AvgIpc) is 2.52. The van der Waals surface area contributed by atoms with Crippen LogP contribution >= 0.6 is 24.0 Å². The van der Waals surface area contributed by atoms with Gasteiger partial charge in [-0.3, -0.25) is 9.20 Å². The van der Waals surface area contributed by atoms with Gasteiger partial charge in [-0.1, -0.05) is 30.3 Å². The fourth-order valence-corrected chi connectivity index (χ4v) is 3.83. The van der Waals surface area contributed by atoms with E-state index < -0.39 is 20.6 Å². The van der Waals surface area contributed by atoms with E-state index in [9.17, 15) is 12.6 Å². The lowest BCUT2D eigenvalue weighted by atomic mass is 10.2. The van der Waals surface area contributed by atoms with Crippen molar-refractivity contribution in [3.8, 4) is 0 Å². The van der Waals surface area contributed by atoms with Crippen molar-refractivity contribution in [1.29, 1.82) is 0 Å². The number of hydrogen-bond donors (Lipinski definition) is 2. The molecule has 0 bridgehead atoms. The molecular formula is C16H28IN3O3S2. The molecule has 2 unspecified atom stereocenters. The van der Waals surface area contributed by atoms with E-state index >= 15 is 0 Å². The fourth-order valence-electron chi connectivity index (χ4n) is 2.01. The number of nitrogens with one attached hydrogen (secondary N) is 2. The zero-order chi connectivity index (χ0) is 18.0. The van der Waals surface area contributed by atoms with E-state index in [1.807, 2.05) is 37.3 Å². The third-order valence-corrected chi connectivity index (χ3v) is 5.61. The Morgan fingerprint density at radius 3 is 2.48 bits per heavy atom. The van der Waals surface area contributed by atoms with Gasteiger partial charge in [-0.15, -0.1) is 24.0 Å². The summed E-state index contributed by atoms with van der Waals surface area (Å²) in [7, 11) is -2.25. The van der Waals surface area contributed by atoms with Crippen molar-refractivity contribution in [3.05, 3.63) is 35.9 Å². The number of sulfone groups is 1. The molecule has 0 aliphatic heterocycles. The van der Waals surface area contributed by atoms with Crippen molar-refractivity contribution in [2.75, 3.05) is 31.4 Å². The van der Waals surface area contributed by atoms with Crippen molar-refractivity contribution >= 4 is 50.6 Å². The molecule has 0 saturated heterocycles. The summed E-state index contributed by atoms with van der Waals surface area (Å²) < 4.78 is 34.4. The molecular weight excluding hydrogens is 473 g/mol. The van der Waals surface area contributed by atoms with Crippen molar-refractivity contribution in [2.45, 2.75) is 25.1 Å². The first kappa shape index (κ1) is 24.3. The molecule has 0 spiro atoms. The molecule has 0 saturated carbocycles. The fraction of sp³-hybridized carbons (Fsp3) is 0.562. The van der Waals surface area contributed by atoms with E-state index in [1.54, 1.807) is 7.05 Å². The molecule has 0 aliphatic rings. The molecule has 2 atom stereocenters. The molecule has 2 N–H and O–H groups in total. The maximum absolute atomic E-state index is 12.1. The molecule has 9 heteroatoms. The van der Waals surface area contributed by atoms with E-state index in [4.69, 9.17) is 0 Å². The van der Waals surface area contributed by atoms with Gasteiger partial charge in [0.05, 0.1) is 5.75 Å². The van der Waals surface area contributed by atoms with Crippen molar-refractivity contribution in [2.24, 2.45) is 4.99 Å². The van der Waals surface area contributed by atoms with Crippen LogP contribution in [-0.4, -0.2) is 56.0 Å². The molecule has 144 valence electrons. The molecule has 25 heavy (non-hydrogen) atoms. The van der Waals surface area contributed by atoms with Crippen LogP contribution in [-0.2, 0) is 26.4 Å². The summed E-state index contributed by atoms with van der Waals surface area (Å²) in [5.74, 6) is 1.79. The number of rotatable bonds is 9. The van der Waals surface area contributed by atoms with Gasteiger partial charge in [0.25, 0.3) is 0 Å². The summed E-state index contributed by atoms with van der Waals surface area (Å²) in [6.07, 6.45) is 1.74. The highest BCUT2D eigenvalue weighted by atomic mass is 127. The minimum Gasteiger partial charge on any atom is -0.355 e. The number of nitrogens with zero attached hydrogens (tertiary/aromatic N) is 1. The summed E-state index contributed by atoms with van der Waals surface area (Å²) in [4.78, 5) is 4.10. The molecule has 0 heterocycles. The Kier molecular flexibility index (Phi) is 12.3. The zero-order valence-electron chi connectivity index (χ0n) is 14.9. The smallest absolute Gasteiger partial charge is 0.191 e. The van der Waals surface area contributed by atoms with Gasteiger partial charge in [-0.05, 0) is 18.9 Å². The summed E-state index contributed by atoms with van der Waals surface area (Å²) in [6.45, 7) is 2.45. The standard InChI is InChI=1S/C16H27N3O3S2.HI/c1-14(9-12-24(3,21)22)19-16(17-2)18-10-11-23(20)13-15-7-5-4-6-8-15;/h4-8,14H,9-13H2,1-3H3,(H2,17,18,19);1H. The van der Waals surface area contributed by atoms with Gasteiger partial charge in [0.15, 0.2) is 5.96 Å². The number of halogens is 1. The molecule has 1 aromatic carbocycles. The highest BCUT2D eigenvalue weighted by molar-refractivity contribution is 14.0. The minimum atomic E-state index is -2.96. The van der Waals surface area contributed by atoms with E-state index in [2.05, 4.69) is 15.6 Å². The number of aliphatic imine (C=N–C) groups is 1. The molecule has 6 nitrogen and oxygen atoms in total. The second kappa shape index (κ2) is 12.6. The van der Waals surface area contributed by atoms with Crippen molar-refractivity contribution in [1.82, 2.24) is 10.6 Å².